The molecule has 0 radical (unpaired) electrons. The maximum absolute atomic E-state index is 13.9. The van der Waals surface area contributed by atoms with E-state index < -0.39 is 37.8 Å². The van der Waals surface area contributed by atoms with E-state index in [0.29, 0.717) is 24.3 Å². The van der Waals surface area contributed by atoms with Crippen molar-refractivity contribution >= 4 is 53.9 Å². The normalized spacial score (nSPS) is 24.0. The molecule has 2 aromatic rings. The molecule has 15 heteroatoms. The van der Waals surface area contributed by atoms with Crippen LogP contribution in [-0.2, 0) is 42.7 Å². The molecule has 39 heavy (non-hydrogen) atoms. The summed E-state index contributed by atoms with van der Waals surface area (Å²) in [6, 6.07) is 4.96. The third-order valence-corrected chi connectivity index (χ3v) is 10.4. The van der Waals surface area contributed by atoms with Crippen LogP contribution in [0.3, 0.4) is 0 Å². The highest BCUT2D eigenvalue weighted by molar-refractivity contribution is 7.91. The van der Waals surface area contributed by atoms with Crippen LogP contribution in [0.15, 0.2) is 32.9 Å². The highest BCUT2D eigenvalue weighted by Crippen LogP contribution is 2.42. The number of amidine groups is 1. The van der Waals surface area contributed by atoms with Gasteiger partial charge in [0.25, 0.3) is 10.0 Å². The van der Waals surface area contributed by atoms with E-state index in [1.807, 2.05) is 0 Å². The van der Waals surface area contributed by atoms with Crippen LogP contribution in [0.2, 0.25) is 0 Å². The molecule has 1 aromatic carbocycles. The summed E-state index contributed by atoms with van der Waals surface area (Å²) in [5.41, 5.74) is 0.946. The Morgan fingerprint density at radius 2 is 1.95 bits per heavy atom. The summed E-state index contributed by atoms with van der Waals surface area (Å²) in [6.07, 6.45) is 2.99. The SMILES string of the molecule is COc1ccc(CN2C(=O)C(C3=NS(=O)(=O)c4c(CNS(C)(=O)=O)csc4N3)C(=O)C3CCCC32)c(OC)c1. The zero-order chi connectivity index (χ0) is 28.1. The minimum atomic E-state index is -4.32. The molecule has 5 rings (SSSR count). The minimum Gasteiger partial charge on any atom is -0.497 e. The number of amides is 1. The number of rotatable bonds is 8. The van der Waals surface area contributed by atoms with Gasteiger partial charge in [0.2, 0.25) is 15.9 Å². The number of anilines is 1. The molecule has 0 bridgehead atoms. The Bertz CT molecular complexity index is 1580. The van der Waals surface area contributed by atoms with Gasteiger partial charge in [0.15, 0.2) is 11.7 Å². The number of thiophene rings is 1. The molecule has 1 amide bonds. The van der Waals surface area contributed by atoms with Crippen molar-refractivity contribution < 1.29 is 35.9 Å². The second kappa shape index (κ2) is 10.2. The van der Waals surface area contributed by atoms with Crippen LogP contribution in [0.5, 0.6) is 11.5 Å². The summed E-state index contributed by atoms with van der Waals surface area (Å²) in [5, 5.41) is 4.59. The van der Waals surface area contributed by atoms with Gasteiger partial charge in [-0.3, -0.25) is 9.59 Å². The number of piperidine rings is 1. The second-order valence-corrected chi connectivity index (χ2v) is 13.9. The summed E-state index contributed by atoms with van der Waals surface area (Å²) < 4.78 is 66.4. The molecule has 3 aliphatic rings. The lowest BCUT2D eigenvalue weighted by molar-refractivity contribution is -0.149. The third-order valence-electron chi connectivity index (χ3n) is 7.23. The fourth-order valence-corrected chi connectivity index (χ4v) is 8.51. The number of methoxy groups -OCH3 is 2. The highest BCUT2D eigenvalue weighted by atomic mass is 32.2. The number of nitrogens with zero attached hydrogens (tertiary/aromatic N) is 2. The van der Waals surface area contributed by atoms with Crippen molar-refractivity contribution in [2.75, 3.05) is 25.8 Å². The molecular formula is C24H28N4O8S3. The molecule has 1 aliphatic carbocycles. The van der Waals surface area contributed by atoms with Gasteiger partial charge in [-0.05, 0) is 30.4 Å². The van der Waals surface area contributed by atoms with E-state index in [2.05, 4.69) is 14.4 Å². The average molecular weight is 597 g/mol. The van der Waals surface area contributed by atoms with Gasteiger partial charge in [-0.2, -0.15) is 8.42 Å². The number of hydrogen-bond acceptors (Lipinski definition) is 10. The number of fused-ring (bicyclic) bond motifs is 2. The van der Waals surface area contributed by atoms with Gasteiger partial charge >= 0.3 is 0 Å². The Morgan fingerprint density at radius 1 is 1.18 bits per heavy atom. The number of ketones is 1. The molecule has 1 saturated carbocycles. The van der Waals surface area contributed by atoms with E-state index in [0.717, 1.165) is 29.6 Å². The Labute approximate surface area is 230 Å². The quantitative estimate of drug-likeness (QED) is 0.433. The van der Waals surface area contributed by atoms with Crippen molar-refractivity contribution in [1.82, 2.24) is 9.62 Å². The Morgan fingerprint density at radius 3 is 2.64 bits per heavy atom. The maximum Gasteiger partial charge on any atom is 0.287 e. The molecule has 1 saturated heterocycles. The summed E-state index contributed by atoms with van der Waals surface area (Å²) >= 11 is 1.04. The number of carbonyl (C=O) groups excluding carboxylic acids is 2. The zero-order valence-electron chi connectivity index (χ0n) is 21.5. The number of hydrogen-bond donors (Lipinski definition) is 2. The number of nitrogens with one attached hydrogen (secondary N) is 2. The Hall–Kier alpha value is -3.01. The first kappa shape index (κ1) is 27.6. The van der Waals surface area contributed by atoms with Crippen molar-refractivity contribution in [2.45, 2.75) is 43.3 Å². The predicted octanol–water partition coefficient (Wildman–Crippen LogP) is 1.72. The van der Waals surface area contributed by atoms with Crippen molar-refractivity contribution in [3.05, 3.63) is 34.7 Å². The fraction of sp³-hybridized carbons (Fsp3) is 0.458. The topological polar surface area (TPSA) is 161 Å². The molecule has 2 fully saturated rings. The first-order valence-corrected chi connectivity index (χ1v) is 16.4. The van der Waals surface area contributed by atoms with Gasteiger partial charge < -0.3 is 19.7 Å². The maximum atomic E-state index is 13.9. The van der Waals surface area contributed by atoms with Crippen LogP contribution in [0.4, 0.5) is 5.00 Å². The van der Waals surface area contributed by atoms with Crippen molar-refractivity contribution in [1.29, 1.82) is 0 Å². The van der Waals surface area contributed by atoms with Gasteiger partial charge in [-0.15, -0.1) is 15.7 Å². The standard InChI is InChI=1S/C24H28N4O8S3/c1-35-15-8-7-13(18(9-15)36-2)11-28-17-6-4-5-16(17)20(29)19(24(28)30)22-26-23-21(39(33,34)27-22)14(12-37-23)10-25-38(3,31)32/h7-9,12,16-17,19,25H,4-6,10-11H2,1-3H3,(H,26,27). The second-order valence-electron chi connectivity index (χ2n) is 9.67. The molecule has 2 N–H and O–H groups in total. The molecule has 3 atom stereocenters. The Kier molecular flexibility index (Phi) is 7.20. The van der Waals surface area contributed by atoms with E-state index in [1.165, 1.54) is 19.6 Å². The van der Waals surface area contributed by atoms with Gasteiger partial charge in [0.05, 0.1) is 20.5 Å². The monoisotopic (exact) mass is 596 g/mol. The van der Waals surface area contributed by atoms with E-state index in [4.69, 9.17) is 9.47 Å². The van der Waals surface area contributed by atoms with Crippen LogP contribution in [0.25, 0.3) is 0 Å². The van der Waals surface area contributed by atoms with Crippen molar-refractivity contribution in [2.24, 2.45) is 16.2 Å². The van der Waals surface area contributed by atoms with Crippen LogP contribution >= 0.6 is 11.3 Å². The average Bonchev–Trinajstić information content (AvgIpc) is 3.53. The number of benzene rings is 1. The number of ether oxygens (including phenoxy) is 2. The van der Waals surface area contributed by atoms with Gasteiger partial charge in [0, 0.05) is 42.2 Å². The predicted molar refractivity (Wildman–Crippen MR) is 144 cm³/mol. The Balaban J connectivity index is 1.48. The van der Waals surface area contributed by atoms with Crippen LogP contribution in [-0.4, -0.2) is 65.8 Å². The van der Waals surface area contributed by atoms with Gasteiger partial charge in [-0.1, -0.05) is 6.42 Å². The van der Waals surface area contributed by atoms with E-state index in [1.54, 1.807) is 23.1 Å². The molecular weight excluding hydrogens is 568 g/mol. The molecule has 1 aromatic heterocycles. The summed E-state index contributed by atoms with van der Waals surface area (Å²) in [6.45, 7) is -0.0680. The van der Waals surface area contributed by atoms with Gasteiger partial charge in [-0.25, -0.2) is 13.1 Å². The molecule has 3 unspecified atom stereocenters. The van der Waals surface area contributed by atoms with Crippen molar-refractivity contribution in [3.63, 3.8) is 0 Å². The first-order valence-electron chi connectivity index (χ1n) is 12.2. The summed E-state index contributed by atoms with van der Waals surface area (Å²) in [5.74, 6) is -1.84. The lowest BCUT2D eigenvalue weighted by atomic mass is 9.81. The third kappa shape index (κ3) is 5.15. The van der Waals surface area contributed by atoms with E-state index in [9.17, 15) is 26.4 Å². The summed E-state index contributed by atoms with van der Waals surface area (Å²) in [4.78, 5) is 29.0. The fourth-order valence-electron chi connectivity index (χ4n) is 5.45. The van der Waals surface area contributed by atoms with E-state index >= 15 is 0 Å². The smallest absolute Gasteiger partial charge is 0.287 e. The lowest BCUT2D eigenvalue weighted by Crippen LogP contribution is -2.58. The number of likely N-dealkylation sites (tertiary alicyclic amines) is 1. The molecule has 3 heterocycles. The summed E-state index contributed by atoms with van der Waals surface area (Å²) in [7, 11) is -4.82. The zero-order valence-corrected chi connectivity index (χ0v) is 23.9. The number of Topliss-reactive ketones (excluding diaryl/α,β-unsaturated/α-hetero) is 1. The minimum absolute atomic E-state index is 0.165. The highest BCUT2D eigenvalue weighted by Gasteiger charge is 2.52. The lowest BCUT2D eigenvalue weighted by Gasteiger charge is -2.41. The van der Waals surface area contributed by atoms with Gasteiger partial charge in [0.1, 0.15) is 27.2 Å². The number of sulfonamides is 2. The van der Waals surface area contributed by atoms with Crippen molar-refractivity contribution in [3.8, 4) is 11.5 Å². The largest absolute Gasteiger partial charge is 0.497 e. The molecule has 0 spiro atoms. The van der Waals surface area contributed by atoms with Crippen LogP contribution in [0, 0.1) is 11.8 Å². The van der Waals surface area contributed by atoms with Crippen LogP contribution < -0.4 is 19.5 Å². The number of carbonyl (C=O) groups is 2. The van der Waals surface area contributed by atoms with Crippen LogP contribution in [0.1, 0.15) is 30.4 Å². The first-order chi connectivity index (χ1) is 18.4. The molecule has 210 valence electrons. The molecule has 12 nitrogen and oxygen atoms in total. The van der Waals surface area contributed by atoms with E-state index in [-0.39, 0.29) is 46.2 Å². The molecule has 2 aliphatic heterocycles.